The van der Waals surface area contributed by atoms with E-state index >= 15 is 0 Å². The third kappa shape index (κ3) is 1.93. The minimum atomic E-state index is 0.341. The number of hydrogen-bond donors (Lipinski definition) is 1. The lowest BCUT2D eigenvalue weighted by Crippen LogP contribution is -2.28. The van der Waals surface area contributed by atoms with Crippen molar-refractivity contribution >= 4 is 15.9 Å². The lowest BCUT2D eigenvalue weighted by molar-refractivity contribution is 0.407. The Balaban J connectivity index is 1.44. The molecule has 2 bridgehead atoms. The van der Waals surface area contributed by atoms with Crippen LogP contribution < -0.4 is 10.5 Å². The van der Waals surface area contributed by atoms with E-state index in [1.165, 1.54) is 24.8 Å². The molecule has 3 aliphatic rings. The van der Waals surface area contributed by atoms with E-state index in [9.17, 15) is 0 Å². The smallest absolute Gasteiger partial charge is 0.133 e. The summed E-state index contributed by atoms with van der Waals surface area (Å²) in [5, 5.41) is 0. The largest absolute Gasteiger partial charge is 0.496 e. The molecule has 5 atom stereocenters. The average molecular weight is 336 g/mol. The molecule has 108 valence electrons. The van der Waals surface area contributed by atoms with Crippen LogP contribution in [0.25, 0.3) is 0 Å². The second-order valence-corrected chi connectivity index (χ2v) is 7.76. The summed E-state index contributed by atoms with van der Waals surface area (Å²) in [7, 11) is 1.70. The normalized spacial score (nSPS) is 38.6. The first-order valence-electron chi connectivity index (χ1n) is 7.77. The van der Waals surface area contributed by atoms with Crippen LogP contribution in [0.4, 0.5) is 0 Å². The molecule has 3 saturated carbocycles. The molecule has 2 nitrogen and oxygen atoms in total. The van der Waals surface area contributed by atoms with Crippen LogP contribution >= 0.6 is 15.9 Å². The fourth-order valence-corrected chi connectivity index (χ4v) is 5.80. The van der Waals surface area contributed by atoms with E-state index in [4.69, 9.17) is 10.5 Å². The molecule has 3 heteroatoms. The van der Waals surface area contributed by atoms with Crippen LogP contribution in [0.3, 0.4) is 0 Å². The summed E-state index contributed by atoms with van der Waals surface area (Å²) in [5.74, 6) is 5.69. The van der Waals surface area contributed by atoms with Gasteiger partial charge in [-0.05, 0) is 88.9 Å². The van der Waals surface area contributed by atoms with E-state index < -0.39 is 0 Å². The van der Waals surface area contributed by atoms with Crippen molar-refractivity contribution in [1.82, 2.24) is 0 Å². The number of rotatable bonds is 4. The van der Waals surface area contributed by atoms with Crippen molar-refractivity contribution in [3.05, 3.63) is 28.2 Å². The fraction of sp³-hybridized carbons (Fsp3) is 0.647. The summed E-state index contributed by atoms with van der Waals surface area (Å²) < 4.78 is 6.31. The van der Waals surface area contributed by atoms with Gasteiger partial charge in [0.25, 0.3) is 0 Å². The van der Waals surface area contributed by atoms with E-state index in [1.54, 1.807) is 7.11 Å². The van der Waals surface area contributed by atoms with Gasteiger partial charge >= 0.3 is 0 Å². The Morgan fingerprint density at radius 3 is 2.60 bits per heavy atom. The molecule has 3 aliphatic carbocycles. The molecule has 4 rings (SSSR count). The molecule has 2 N–H and O–H groups in total. The molecule has 3 fully saturated rings. The minimum Gasteiger partial charge on any atom is -0.496 e. The van der Waals surface area contributed by atoms with Gasteiger partial charge in [0, 0.05) is 6.04 Å². The van der Waals surface area contributed by atoms with Gasteiger partial charge in [-0.25, -0.2) is 0 Å². The quantitative estimate of drug-likeness (QED) is 0.911. The number of methoxy groups -OCH3 is 1. The van der Waals surface area contributed by atoms with Crippen molar-refractivity contribution in [1.29, 1.82) is 0 Å². The SMILES string of the molecule is COc1ccc(CC(N)C2C3C4CCC(C4)C23)cc1Br. The van der Waals surface area contributed by atoms with Crippen LogP contribution in [-0.2, 0) is 6.42 Å². The number of hydrogen-bond acceptors (Lipinski definition) is 2. The predicted octanol–water partition coefficient (Wildman–Crippen LogP) is 3.62. The molecule has 1 aromatic carbocycles. The van der Waals surface area contributed by atoms with Crippen molar-refractivity contribution in [2.24, 2.45) is 35.3 Å². The zero-order valence-corrected chi connectivity index (χ0v) is 13.5. The van der Waals surface area contributed by atoms with Gasteiger partial charge in [-0.1, -0.05) is 6.07 Å². The first-order valence-corrected chi connectivity index (χ1v) is 8.56. The van der Waals surface area contributed by atoms with Crippen LogP contribution in [0.15, 0.2) is 22.7 Å². The van der Waals surface area contributed by atoms with Gasteiger partial charge in [0.1, 0.15) is 5.75 Å². The van der Waals surface area contributed by atoms with Crippen molar-refractivity contribution in [3.63, 3.8) is 0 Å². The molecule has 0 amide bonds. The molecule has 20 heavy (non-hydrogen) atoms. The van der Waals surface area contributed by atoms with Crippen LogP contribution in [0, 0.1) is 29.6 Å². The van der Waals surface area contributed by atoms with Gasteiger partial charge in [-0.15, -0.1) is 0 Å². The van der Waals surface area contributed by atoms with Crippen LogP contribution in [0.2, 0.25) is 0 Å². The van der Waals surface area contributed by atoms with Gasteiger partial charge in [-0.3, -0.25) is 0 Å². The van der Waals surface area contributed by atoms with Crippen molar-refractivity contribution in [2.45, 2.75) is 31.7 Å². The van der Waals surface area contributed by atoms with Crippen LogP contribution in [-0.4, -0.2) is 13.2 Å². The minimum absolute atomic E-state index is 0.341. The Morgan fingerprint density at radius 2 is 2.00 bits per heavy atom. The molecule has 1 aromatic rings. The van der Waals surface area contributed by atoms with Crippen LogP contribution in [0.1, 0.15) is 24.8 Å². The summed E-state index contributed by atoms with van der Waals surface area (Å²) >= 11 is 3.56. The Kier molecular flexibility index (Phi) is 3.11. The summed E-state index contributed by atoms with van der Waals surface area (Å²) in [6.45, 7) is 0. The Morgan fingerprint density at radius 1 is 1.30 bits per heavy atom. The fourth-order valence-electron chi connectivity index (χ4n) is 5.21. The summed E-state index contributed by atoms with van der Waals surface area (Å²) in [5.41, 5.74) is 7.85. The zero-order valence-electron chi connectivity index (χ0n) is 11.9. The molecule has 0 heterocycles. The van der Waals surface area contributed by atoms with E-state index in [0.29, 0.717) is 6.04 Å². The molecule has 5 unspecified atom stereocenters. The molecular weight excluding hydrogens is 314 g/mol. The number of nitrogens with two attached hydrogens (primary N) is 1. The maximum absolute atomic E-state index is 6.53. The predicted molar refractivity (Wildman–Crippen MR) is 83.7 cm³/mol. The maximum Gasteiger partial charge on any atom is 0.133 e. The third-order valence-corrected chi connectivity index (χ3v) is 6.60. The summed E-state index contributed by atoms with van der Waals surface area (Å²) in [4.78, 5) is 0. The van der Waals surface area contributed by atoms with Gasteiger partial charge in [0.2, 0.25) is 0 Å². The molecule has 0 aliphatic heterocycles. The lowest BCUT2D eigenvalue weighted by Gasteiger charge is -2.16. The molecule has 0 radical (unpaired) electrons. The first kappa shape index (κ1) is 13.1. The molecule has 0 saturated heterocycles. The summed E-state index contributed by atoms with van der Waals surface area (Å²) in [6.07, 6.45) is 5.46. The van der Waals surface area contributed by atoms with Gasteiger partial charge < -0.3 is 10.5 Å². The summed E-state index contributed by atoms with van der Waals surface area (Å²) in [6, 6.07) is 6.68. The molecule has 0 spiro atoms. The maximum atomic E-state index is 6.53. The second kappa shape index (κ2) is 4.74. The van der Waals surface area contributed by atoms with E-state index in [2.05, 4.69) is 28.1 Å². The Hall–Kier alpha value is -0.540. The van der Waals surface area contributed by atoms with E-state index in [-0.39, 0.29) is 0 Å². The van der Waals surface area contributed by atoms with Gasteiger partial charge in [-0.2, -0.15) is 0 Å². The number of ether oxygens (including phenoxy) is 1. The highest BCUT2D eigenvalue weighted by molar-refractivity contribution is 9.10. The topological polar surface area (TPSA) is 35.2 Å². The lowest BCUT2D eigenvalue weighted by atomic mass is 9.94. The van der Waals surface area contributed by atoms with Gasteiger partial charge in [0.05, 0.1) is 11.6 Å². The average Bonchev–Trinajstić information content (AvgIpc) is 2.88. The highest BCUT2D eigenvalue weighted by Gasteiger charge is 2.65. The Labute approximate surface area is 129 Å². The van der Waals surface area contributed by atoms with Crippen LogP contribution in [0.5, 0.6) is 5.75 Å². The standard InChI is InChI=1S/C17H22BrNO/c1-20-14-5-2-9(6-12(14)18)7-13(19)17-15-10-3-4-11(8-10)16(15)17/h2,5-6,10-11,13,15-17H,3-4,7-8,19H2,1H3. The number of fused-ring (bicyclic) bond motifs is 5. The third-order valence-electron chi connectivity index (χ3n) is 5.98. The second-order valence-electron chi connectivity index (χ2n) is 6.90. The van der Waals surface area contributed by atoms with E-state index in [1.807, 2.05) is 6.07 Å². The van der Waals surface area contributed by atoms with Crippen molar-refractivity contribution < 1.29 is 4.74 Å². The molecular formula is C17H22BrNO. The molecule has 0 aromatic heterocycles. The zero-order chi connectivity index (χ0) is 13.9. The van der Waals surface area contributed by atoms with Crippen molar-refractivity contribution in [2.75, 3.05) is 7.11 Å². The highest BCUT2D eigenvalue weighted by Crippen LogP contribution is 2.70. The highest BCUT2D eigenvalue weighted by atomic mass is 79.9. The Bertz CT molecular complexity index is 516. The number of halogens is 1. The first-order chi connectivity index (χ1) is 9.69. The van der Waals surface area contributed by atoms with Gasteiger partial charge in [0.15, 0.2) is 0 Å². The monoisotopic (exact) mass is 335 g/mol. The van der Waals surface area contributed by atoms with Crippen molar-refractivity contribution in [3.8, 4) is 5.75 Å². The van der Waals surface area contributed by atoms with E-state index in [0.717, 1.165) is 46.2 Å². The number of benzene rings is 1.